The molecule has 0 spiro atoms. The lowest BCUT2D eigenvalue weighted by Gasteiger charge is -2.60. The Morgan fingerprint density at radius 2 is 1.88 bits per heavy atom. The Morgan fingerprint density at radius 1 is 1.17 bits per heavy atom. The van der Waals surface area contributed by atoms with Gasteiger partial charge in [0.1, 0.15) is 11.4 Å². The van der Waals surface area contributed by atoms with E-state index in [0.29, 0.717) is 43.5 Å². The molecule has 0 aromatic carbocycles. The fraction of sp³-hybridized carbons (Fsp3) is 0.900. The van der Waals surface area contributed by atoms with Crippen LogP contribution in [0, 0.1) is 28.6 Å². The summed E-state index contributed by atoms with van der Waals surface area (Å²) in [5, 5.41) is 11.1. The molecule has 4 aliphatic rings. The fourth-order valence-electron chi connectivity index (χ4n) is 6.80. The van der Waals surface area contributed by atoms with Crippen LogP contribution in [0.5, 0.6) is 0 Å². The third kappa shape index (κ3) is 1.93. The van der Waals surface area contributed by atoms with E-state index in [1.807, 2.05) is 0 Å². The van der Waals surface area contributed by atoms with Gasteiger partial charge in [0.2, 0.25) is 0 Å². The first kappa shape index (κ1) is 16.7. The van der Waals surface area contributed by atoms with Gasteiger partial charge in [-0.15, -0.1) is 0 Å². The molecular formula is C20H30O4. The third-order valence-corrected chi connectivity index (χ3v) is 8.62. The van der Waals surface area contributed by atoms with E-state index < -0.39 is 5.60 Å². The Hall–Kier alpha value is -0.740. The molecule has 24 heavy (non-hydrogen) atoms. The maximum Gasteiger partial charge on any atom is 0.161 e. The van der Waals surface area contributed by atoms with Gasteiger partial charge in [0.25, 0.3) is 0 Å². The monoisotopic (exact) mass is 334 g/mol. The number of rotatable bonds is 1. The Labute approximate surface area is 144 Å². The first-order valence-electron chi connectivity index (χ1n) is 9.59. The molecular weight excluding hydrogens is 304 g/mol. The van der Waals surface area contributed by atoms with Crippen molar-refractivity contribution in [3.63, 3.8) is 0 Å². The number of ketones is 2. The number of carbonyl (C=O) groups excluding carboxylic acids is 2. The number of ether oxygens (including phenoxy) is 1. The summed E-state index contributed by atoms with van der Waals surface area (Å²) in [5.74, 6) is 1.34. The van der Waals surface area contributed by atoms with E-state index in [1.54, 1.807) is 0 Å². The number of hydrogen-bond donors (Lipinski definition) is 1. The highest BCUT2D eigenvalue weighted by Crippen LogP contribution is 2.65. The van der Waals surface area contributed by atoms with E-state index in [1.165, 1.54) is 6.92 Å². The summed E-state index contributed by atoms with van der Waals surface area (Å²) in [5.41, 5.74) is -1.38. The van der Waals surface area contributed by atoms with Crippen LogP contribution in [0.25, 0.3) is 0 Å². The fourth-order valence-corrected chi connectivity index (χ4v) is 6.80. The van der Waals surface area contributed by atoms with E-state index in [4.69, 9.17) is 4.74 Å². The van der Waals surface area contributed by atoms with Crippen LogP contribution in [0.1, 0.15) is 65.7 Å². The molecule has 3 saturated carbocycles. The Kier molecular flexibility index (Phi) is 3.58. The second-order valence-electron chi connectivity index (χ2n) is 9.37. The lowest BCUT2D eigenvalue weighted by molar-refractivity contribution is -0.217. The van der Waals surface area contributed by atoms with Crippen molar-refractivity contribution in [1.82, 2.24) is 0 Å². The first-order chi connectivity index (χ1) is 11.2. The first-order valence-corrected chi connectivity index (χ1v) is 9.59. The van der Waals surface area contributed by atoms with Gasteiger partial charge in [-0.25, -0.2) is 0 Å². The minimum absolute atomic E-state index is 0.0888. The van der Waals surface area contributed by atoms with Crippen LogP contribution in [-0.2, 0) is 14.3 Å². The molecule has 1 N–H and O–H groups in total. The minimum Gasteiger partial charge on any atom is -0.382 e. The van der Waals surface area contributed by atoms with Crippen molar-refractivity contribution in [2.75, 3.05) is 6.61 Å². The van der Waals surface area contributed by atoms with Crippen molar-refractivity contribution in [3.8, 4) is 0 Å². The highest BCUT2D eigenvalue weighted by molar-refractivity contribution is 5.86. The molecule has 134 valence electrons. The van der Waals surface area contributed by atoms with Crippen molar-refractivity contribution in [2.24, 2.45) is 28.6 Å². The second kappa shape index (κ2) is 5.14. The highest BCUT2D eigenvalue weighted by Gasteiger charge is 2.66. The molecule has 0 bridgehead atoms. The molecule has 1 aliphatic heterocycles. The normalized spacial score (nSPS) is 53.9. The number of hydrogen-bond acceptors (Lipinski definition) is 4. The number of carbonyl (C=O) groups is 2. The predicted molar refractivity (Wildman–Crippen MR) is 89.4 cm³/mol. The van der Waals surface area contributed by atoms with E-state index in [9.17, 15) is 14.7 Å². The average Bonchev–Trinajstić information content (AvgIpc) is 2.81. The van der Waals surface area contributed by atoms with Crippen LogP contribution >= 0.6 is 0 Å². The zero-order valence-electron chi connectivity index (χ0n) is 15.1. The summed E-state index contributed by atoms with van der Waals surface area (Å²) in [6.07, 6.45) is 5.78. The maximum atomic E-state index is 12.2. The summed E-state index contributed by atoms with van der Waals surface area (Å²) in [6.45, 7) is 6.66. The number of Topliss-reactive ketones (excluding diaryl/α,β-unsaturated/α-hetero) is 2. The van der Waals surface area contributed by atoms with Gasteiger partial charge >= 0.3 is 0 Å². The molecule has 7 atom stereocenters. The Morgan fingerprint density at radius 3 is 2.58 bits per heavy atom. The average molecular weight is 334 g/mol. The topological polar surface area (TPSA) is 63.6 Å². The van der Waals surface area contributed by atoms with Crippen molar-refractivity contribution in [3.05, 3.63) is 0 Å². The maximum absolute atomic E-state index is 12.2. The molecule has 1 saturated heterocycles. The molecule has 0 radical (unpaired) electrons. The smallest absolute Gasteiger partial charge is 0.161 e. The Balaban J connectivity index is 1.66. The summed E-state index contributed by atoms with van der Waals surface area (Å²) in [6, 6.07) is 0. The van der Waals surface area contributed by atoms with Gasteiger partial charge in [-0.05, 0) is 62.2 Å². The highest BCUT2D eigenvalue weighted by atomic mass is 16.5. The zero-order chi connectivity index (χ0) is 17.3. The van der Waals surface area contributed by atoms with Crippen LogP contribution in [0.4, 0.5) is 0 Å². The number of fused-ring (bicyclic) bond motifs is 5. The van der Waals surface area contributed by atoms with Crippen LogP contribution in [-0.4, -0.2) is 35.0 Å². The van der Waals surface area contributed by atoms with Gasteiger partial charge in [0, 0.05) is 18.3 Å². The molecule has 4 fully saturated rings. The predicted octanol–water partition coefficient (Wildman–Crippen LogP) is 2.91. The van der Waals surface area contributed by atoms with Crippen LogP contribution in [0.3, 0.4) is 0 Å². The third-order valence-electron chi connectivity index (χ3n) is 8.62. The summed E-state index contributed by atoms with van der Waals surface area (Å²) < 4.78 is 6.34. The van der Waals surface area contributed by atoms with Crippen molar-refractivity contribution in [2.45, 2.75) is 77.4 Å². The Bertz CT molecular complexity index is 586. The lowest BCUT2D eigenvalue weighted by Crippen LogP contribution is -2.61. The summed E-state index contributed by atoms with van der Waals surface area (Å²) in [7, 11) is 0. The van der Waals surface area contributed by atoms with Gasteiger partial charge < -0.3 is 9.84 Å². The molecule has 0 aromatic rings. The molecule has 0 amide bonds. The largest absolute Gasteiger partial charge is 0.382 e. The quantitative estimate of drug-likeness (QED) is 0.801. The molecule has 1 heterocycles. The second-order valence-corrected chi connectivity index (χ2v) is 9.37. The van der Waals surface area contributed by atoms with Gasteiger partial charge in [0.15, 0.2) is 5.78 Å². The summed E-state index contributed by atoms with van der Waals surface area (Å²) in [4.78, 5) is 24.1. The van der Waals surface area contributed by atoms with Crippen molar-refractivity contribution < 1.29 is 19.4 Å². The van der Waals surface area contributed by atoms with Crippen LogP contribution < -0.4 is 0 Å². The van der Waals surface area contributed by atoms with Gasteiger partial charge in [-0.2, -0.15) is 0 Å². The van der Waals surface area contributed by atoms with Crippen LogP contribution in [0.15, 0.2) is 0 Å². The van der Waals surface area contributed by atoms with Crippen molar-refractivity contribution >= 4 is 11.6 Å². The van der Waals surface area contributed by atoms with Crippen LogP contribution in [0.2, 0.25) is 0 Å². The standard InChI is InChI=1S/C20H30O4/c1-12(21)20(23)9-6-16-17-15(5-8-19(16,20)3)18(2)7-4-14(22)10-13(18)11-24-17/h13,15-17,23H,4-11H2,1-3H3/t13-,15+,16+,17-,18+,19+,20+/m1/s1. The van der Waals surface area contributed by atoms with E-state index in [0.717, 1.165) is 25.7 Å². The van der Waals surface area contributed by atoms with Gasteiger partial charge in [-0.1, -0.05) is 13.8 Å². The van der Waals surface area contributed by atoms with E-state index >= 15 is 0 Å². The molecule has 0 aromatic heterocycles. The molecule has 4 nitrogen and oxygen atoms in total. The number of aliphatic hydroxyl groups is 1. The van der Waals surface area contributed by atoms with E-state index in [-0.39, 0.29) is 28.6 Å². The van der Waals surface area contributed by atoms with Gasteiger partial charge in [-0.3, -0.25) is 9.59 Å². The minimum atomic E-state index is -1.19. The van der Waals surface area contributed by atoms with Gasteiger partial charge in [0.05, 0.1) is 12.7 Å². The van der Waals surface area contributed by atoms with E-state index in [2.05, 4.69) is 13.8 Å². The SMILES string of the molecule is CC(=O)[C@@]1(O)CC[C@H]2[C@@H]3OC[C@H]4CC(=O)CC[C@]4(C)[C@H]3CC[C@@]21C. The molecule has 0 unspecified atom stereocenters. The lowest BCUT2D eigenvalue weighted by atomic mass is 9.49. The van der Waals surface area contributed by atoms with Crippen molar-refractivity contribution in [1.29, 1.82) is 0 Å². The molecule has 3 aliphatic carbocycles. The molecule has 4 heteroatoms. The zero-order valence-corrected chi connectivity index (χ0v) is 15.1. The molecule has 4 rings (SSSR count). The summed E-state index contributed by atoms with van der Waals surface area (Å²) >= 11 is 0.